The van der Waals surface area contributed by atoms with E-state index in [2.05, 4.69) is 10.3 Å². The van der Waals surface area contributed by atoms with Crippen LogP contribution in [0.25, 0.3) is 0 Å². The van der Waals surface area contributed by atoms with Gasteiger partial charge in [0.2, 0.25) is 5.91 Å². The molecular formula is C22H22FN3O4S. The minimum atomic E-state index is -0.511. The molecule has 0 saturated carbocycles. The summed E-state index contributed by atoms with van der Waals surface area (Å²) < 4.78 is 23.9. The van der Waals surface area contributed by atoms with Gasteiger partial charge in [-0.1, -0.05) is 0 Å². The van der Waals surface area contributed by atoms with Crippen molar-refractivity contribution in [2.75, 3.05) is 6.54 Å². The molecule has 4 rings (SSSR count). The summed E-state index contributed by atoms with van der Waals surface area (Å²) in [6.07, 6.45) is 2.94. The topological polar surface area (TPSA) is 84.7 Å². The van der Waals surface area contributed by atoms with E-state index in [-0.39, 0.29) is 30.8 Å². The minimum absolute atomic E-state index is 0.178. The molecule has 162 valence electrons. The first-order chi connectivity index (χ1) is 15.0. The van der Waals surface area contributed by atoms with E-state index in [0.717, 1.165) is 6.42 Å². The van der Waals surface area contributed by atoms with Crippen molar-refractivity contribution in [1.29, 1.82) is 0 Å². The number of nitrogens with one attached hydrogen (secondary N) is 1. The molecule has 0 radical (unpaired) electrons. The van der Waals surface area contributed by atoms with Crippen molar-refractivity contribution in [2.24, 2.45) is 0 Å². The molecule has 3 heterocycles. The van der Waals surface area contributed by atoms with Crippen LogP contribution in [0.15, 0.2) is 47.1 Å². The summed E-state index contributed by atoms with van der Waals surface area (Å²) in [6, 6.07) is 8.76. The van der Waals surface area contributed by atoms with Crippen LogP contribution in [0.5, 0.6) is 5.75 Å². The zero-order valence-corrected chi connectivity index (χ0v) is 17.8. The van der Waals surface area contributed by atoms with Gasteiger partial charge in [0, 0.05) is 6.54 Å². The SMILES string of the molecule is Cc1nc(COc2ccc(F)cc2)sc1C(=O)N1CCCC1C(=O)NCc1ccco1. The summed E-state index contributed by atoms with van der Waals surface area (Å²) in [5, 5.41) is 3.48. The number of thiazole rings is 1. The molecule has 1 unspecified atom stereocenters. The number of hydrogen-bond donors (Lipinski definition) is 1. The van der Waals surface area contributed by atoms with E-state index >= 15 is 0 Å². The lowest BCUT2D eigenvalue weighted by molar-refractivity contribution is -0.125. The fraction of sp³-hybridized carbons (Fsp3) is 0.318. The second-order valence-corrected chi connectivity index (χ2v) is 8.30. The predicted molar refractivity (Wildman–Crippen MR) is 112 cm³/mol. The van der Waals surface area contributed by atoms with E-state index < -0.39 is 6.04 Å². The highest BCUT2D eigenvalue weighted by molar-refractivity contribution is 7.13. The first kappa shape index (κ1) is 21.0. The average molecular weight is 444 g/mol. The highest BCUT2D eigenvalue weighted by Crippen LogP contribution is 2.26. The van der Waals surface area contributed by atoms with Crippen molar-refractivity contribution >= 4 is 23.2 Å². The number of ether oxygens (including phenoxy) is 1. The fourth-order valence-electron chi connectivity index (χ4n) is 3.51. The van der Waals surface area contributed by atoms with Crippen molar-refractivity contribution in [1.82, 2.24) is 15.2 Å². The molecule has 1 aliphatic rings. The number of rotatable bonds is 7. The van der Waals surface area contributed by atoms with Crippen molar-refractivity contribution in [3.05, 3.63) is 69.8 Å². The number of likely N-dealkylation sites (tertiary alicyclic amines) is 1. The normalized spacial score (nSPS) is 15.8. The third-order valence-electron chi connectivity index (χ3n) is 5.04. The number of aryl methyl sites for hydroxylation is 1. The molecule has 1 aromatic carbocycles. The molecule has 1 atom stereocenters. The van der Waals surface area contributed by atoms with E-state index in [1.165, 1.54) is 35.6 Å². The molecule has 1 saturated heterocycles. The number of halogens is 1. The minimum Gasteiger partial charge on any atom is -0.486 e. The quantitative estimate of drug-likeness (QED) is 0.602. The third kappa shape index (κ3) is 4.93. The van der Waals surface area contributed by atoms with E-state index in [9.17, 15) is 14.0 Å². The number of furan rings is 1. The first-order valence-corrected chi connectivity index (χ1v) is 10.8. The maximum Gasteiger partial charge on any atom is 0.266 e. The molecule has 31 heavy (non-hydrogen) atoms. The Morgan fingerprint density at radius 1 is 1.32 bits per heavy atom. The second-order valence-electron chi connectivity index (χ2n) is 7.22. The van der Waals surface area contributed by atoms with Crippen molar-refractivity contribution < 1.29 is 23.1 Å². The van der Waals surface area contributed by atoms with Gasteiger partial charge >= 0.3 is 0 Å². The number of benzene rings is 1. The number of amides is 2. The van der Waals surface area contributed by atoms with Crippen LogP contribution >= 0.6 is 11.3 Å². The average Bonchev–Trinajstić information content (AvgIpc) is 3.52. The highest BCUT2D eigenvalue weighted by atomic mass is 32.1. The summed E-state index contributed by atoms with van der Waals surface area (Å²) in [5.74, 6) is 0.463. The molecular weight excluding hydrogens is 421 g/mol. The molecule has 7 nitrogen and oxygen atoms in total. The van der Waals surface area contributed by atoms with Crippen LogP contribution in [0.4, 0.5) is 4.39 Å². The predicted octanol–water partition coefficient (Wildman–Crippen LogP) is 3.68. The van der Waals surface area contributed by atoms with Crippen LogP contribution in [0.3, 0.4) is 0 Å². The standard InChI is InChI=1S/C22H22FN3O4S/c1-14-20(31-19(25-14)13-30-16-8-6-15(23)7-9-16)22(28)26-10-2-5-18(26)21(27)24-12-17-4-3-11-29-17/h3-4,6-9,11,18H,2,5,10,12-13H2,1H3,(H,24,27). The molecule has 0 spiro atoms. The molecule has 2 amide bonds. The van der Waals surface area contributed by atoms with Gasteiger partial charge < -0.3 is 19.4 Å². The summed E-state index contributed by atoms with van der Waals surface area (Å²) in [7, 11) is 0. The van der Waals surface area contributed by atoms with E-state index in [1.54, 1.807) is 30.2 Å². The number of carbonyl (C=O) groups excluding carboxylic acids is 2. The largest absolute Gasteiger partial charge is 0.486 e. The zero-order valence-electron chi connectivity index (χ0n) is 17.0. The highest BCUT2D eigenvalue weighted by Gasteiger charge is 2.36. The van der Waals surface area contributed by atoms with E-state index in [0.29, 0.717) is 40.1 Å². The van der Waals surface area contributed by atoms with Crippen LogP contribution in [-0.4, -0.2) is 34.3 Å². The zero-order chi connectivity index (χ0) is 21.8. The van der Waals surface area contributed by atoms with Gasteiger partial charge in [-0.2, -0.15) is 0 Å². The Labute approximate surface area is 182 Å². The number of aromatic nitrogens is 1. The van der Waals surface area contributed by atoms with E-state index in [4.69, 9.17) is 9.15 Å². The molecule has 1 N–H and O–H groups in total. The Bertz CT molecular complexity index is 1050. The Balaban J connectivity index is 1.39. The van der Waals surface area contributed by atoms with Gasteiger partial charge in [-0.15, -0.1) is 11.3 Å². The Hall–Kier alpha value is -3.20. The maximum absolute atomic E-state index is 13.2. The van der Waals surface area contributed by atoms with Crippen LogP contribution in [0.1, 0.15) is 39.0 Å². The van der Waals surface area contributed by atoms with Crippen molar-refractivity contribution in [3.8, 4) is 5.75 Å². The van der Waals surface area contributed by atoms with Gasteiger partial charge in [0.05, 0.1) is 18.5 Å². The third-order valence-corrected chi connectivity index (χ3v) is 6.16. The fourth-order valence-corrected chi connectivity index (χ4v) is 4.44. The molecule has 3 aromatic rings. The van der Waals surface area contributed by atoms with Crippen LogP contribution < -0.4 is 10.1 Å². The Kier molecular flexibility index (Phi) is 6.31. The van der Waals surface area contributed by atoms with Crippen LogP contribution in [0.2, 0.25) is 0 Å². The van der Waals surface area contributed by atoms with Crippen LogP contribution in [-0.2, 0) is 17.9 Å². The number of carbonyl (C=O) groups is 2. The van der Waals surface area contributed by atoms with Crippen molar-refractivity contribution in [2.45, 2.75) is 39.0 Å². The molecule has 9 heteroatoms. The maximum atomic E-state index is 13.2. The molecule has 1 aliphatic heterocycles. The summed E-state index contributed by atoms with van der Waals surface area (Å²) in [6.45, 7) is 2.76. The van der Waals surface area contributed by atoms with Gasteiger partial charge in [-0.25, -0.2) is 9.37 Å². The lowest BCUT2D eigenvalue weighted by Gasteiger charge is -2.23. The first-order valence-electron chi connectivity index (χ1n) is 9.97. The number of nitrogens with zero attached hydrogens (tertiary/aromatic N) is 2. The summed E-state index contributed by atoms with van der Waals surface area (Å²) >= 11 is 1.25. The van der Waals surface area contributed by atoms with E-state index in [1.807, 2.05) is 0 Å². The molecule has 1 fully saturated rings. The number of hydrogen-bond acceptors (Lipinski definition) is 6. The summed E-state index contributed by atoms with van der Waals surface area (Å²) in [5.41, 5.74) is 0.606. The second kappa shape index (κ2) is 9.30. The summed E-state index contributed by atoms with van der Waals surface area (Å²) in [4.78, 5) is 32.4. The van der Waals surface area contributed by atoms with Gasteiger partial charge in [0.15, 0.2) is 0 Å². The van der Waals surface area contributed by atoms with Crippen LogP contribution in [0, 0.1) is 12.7 Å². The van der Waals surface area contributed by atoms with Crippen molar-refractivity contribution in [3.63, 3.8) is 0 Å². The van der Waals surface area contributed by atoms with Gasteiger partial charge in [-0.05, 0) is 56.2 Å². The van der Waals surface area contributed by atoms with Gasteiger partial charge in [0.1, 0.15) is 39.9 Å². The molecule has 0 bridgehead atoms. The Morgan fingerprint density at radius 3 is 2.87 bits per heavy atom. The van der Waals surface area contributed by atoms with Gasteiger partial charge in [-0.3, -0.25) is 9.59 Å². The molecule has 2 aromatic heterocycles. The van der Waals surface area contributed by atoms with Gasteiger partial charge in [0.25, 0.3) is 5.91 Å². The monoisotopic (exact) mass is 443 g/mol. The smallest absolute Gasteiger partial charge is 0.266 e. The lowest BCUT2D eigenvalue weighted by atomic mass is 10.2. The molecule has 0 aliphatic carbocycles. The lowest BCUT2D eigenvalue weighted by Crippen LogP contribution is -2.45. The Morgan fingerprint density at radius 2 is 2.13 bits per heavy atom.